The molecule has 0 fully saturated rings. The summed E-state index contributed by atoms with van der Waals surface area (Å²) in [5.41, 5.74) is 2.47. The molecule has 0 radical (unpaired) electrons. The average molecular weight is 450 g/mol. The summed E-state index contributed by atoms with van der Waals surface area (Å²) in [6.45, 7) is 0.237. The van der Waals surface area contributed by atoms with Gasteiger partial charge in [-0.2, -0.15) is 0 Å². The lowest BCUT2D eigenvalue weighted by molar-refractivity contribution is 0.174. The Balaban J connectivity index is 1.70. The molecule has 144 valence electrons. The fourth-order valence-electron chi connectivity index (χ4n) is 3.23. The summed E-state index contributed by atoms with van der Waals surface area (Å²) >= 11 is 3.54. The number of methoxy groups -OCH3 is 1. The summed E-state index contributed by atoms with van der Waals surface area (Å²) in [6, 6.07) is 21.2. The number of rotatable bonds is 3. The molecule has 0 N–H and O–H groups in total. The normalized spacial score (nSPS) is 13.1. The van der Waals surface area contributed by atoms with Crippen LogP contribution in [0, 0.1) is 0 Å². The van der Waals surface area contributed by atoms with Crippen molar-refractivity contribution in [2.45, 2.75) is 0 Å². The van der Waals surface area contributed by atoms with Gasteiger partial charge in [-0.25, -0.2) is 4.99 Å². The van der Waals surface area contributed by atoms with Gasteiger partial charge >= 0.3 is 0 Å². The number of benzene rings is 3. The summed E-state index contributed by atoms with van der Waals surface area (Å²) in [4.78, 5) is 4.87. The fourth-order valence-corrected chi connectivity index (χ4v) is 3.59. The van der Waals surface area contributed by atoms with E-state index in [4.69, 9.17) is 23.6 Å². The van der Waals surface area contributed by atoms with Crippen molar-refractivity contribution in [1.29, 1.82) is 0 Å². The highest BCUT2D eigenvalue weighted by molar-refractivity contribution is 9.10. The highest BCUT2D eigenvalue weighted by Crippen LogP contribution is 2.35. The lowest BCUT2D eigenvalue weighted by Crippen LogP contribution is -2.03. The monoisotopic (exact) mass is 449 g/mol. The van der Waals surface area contributed by atoms with Crippen molar-refractivity contribution in [3.05, 3.63) is 76.6 Å². The summed E-state index contributed by atoms with van der Waals surface area (Å²) in [5.74, 6) is 2.96. The number of hydrogen-bond donors (Lipinski definition) is 0. The quantitative estimate of drug-likeness (QED) is 0.394. The maximum atomic E-state index is 6.16. The van der Waals surface area contributed by atoms with E-state index in [1.54, 1.807) is 7.11 Å². The minimum atomic E-state index is 0.237. The van der Waals surface area contributed by atoms with Crippen LogP contribution >= 0.6 is 15.9 Å². The SMILES string of the molecule is COc1ccc(-c2cc(=Nc3ccc4c(c3)OCO4)c3cc(Br)ccc3o2)cc1. The van der Waals surface area contributed by atoms with Crippen molar-refractivity contribution in [2.24, 2.45) is 4.99 Å². The van der Waals surface area contributed by atoms with E-state index in [1.807, 2.05) is 66.7 Å². The van der Waals surface area contributed by atoms with Crippen LogP contribution in [-0.2, 0) is 0 Å². The van der Waals surface area contributed by atoms with Gasteiger partial charge in [0, 0.05) is 27.6 Å². The molecule has 2 heterocycles. The Morgan fingerprint density at radius 3 is 2.55 bits per heavy atom. The molecular weight excluding hydrogens is 434 g/mol. The van der Waals surface area contributed by atoms with E-state index < -0.39 is 0 Å². The Bertz CT molecular complexity index is 1280. The molecule has 5 rings (SSSR count). The Morgan fingerprint density at radius 1 is 0.897 bits per heavy atom. The van der Waals surface area contributed by atoms with E-state index in [0.29, 0.717) is 5.75 Å². The standard InChI is InChI=1S/C23H16BrNO4/c1-26-17-6-2-14(3-7-17)22-12-19(18-10-15(24)4-8-20(18)29-22)25-16-5-9-21-23(11-16)28-13-27-21/h2-12H,13H2,1H3. The molecule has 29 heavy (non-hydrogen) atoms. The van der Waals surface area contributed by atoms with Gasteiger partial charge in [-0.15, -0.1) is 0 Å². The van der Waals surface area contributed by atoms with Crippen molar-refractivity contribution < 1.29 is 18.6 Å². The van der Waals surface area contributed by atoms with Crippen LogP contribution in [0.4, 0.5) is 5.69 Å². The third-order valence-electron chi connectivity index (χ3n) is 4.69. The predicted molar refractivity (Wildman–Crippen MR) is 114 cm³/mol. The van der Waals surface area contributed by atoms with Gasteiger partial charge in [0.2, 0.25) is 6.79 Å². The minimum absolute atomic E-state index is 0.237. The molecule has 1 aliphatic rings. The molecule has 0 bridgehead atoms. The first-order valence-electron chi connectivity index (χ1n) is 9.02. The summed E-state index contributed by atoms with van der Waals surface area (Å²) in [6.07, 6.45) is 0. The second-order valence-electron chi connectivity index (χ2n) is 6.51. The van der Waals surface area contributed by atoms with Crippen molar-refractivity contribution in [3.8, 4) is 28.6 Å². The van der Waals surface area contributed by atoms with Crippen LogP contribution in [0.5, 0.6) is 17.2 Å². The number of fused-ring (bicyclic) bond motifs is 2. The molecule has 5 nitrogen and oxygen atoms in total. The smallest absolute Gasteiger partial charge is 0.231 e. The summed E-state index contributed by atoms with van der Waals surface area (Å²) in [7, 11) is 1.65. The molecule has 0 saturated carbocycles. The van der Waals surface area contributed by atoms with Crippen LogP contribution in [0.15, 0.2) is 80.6 Å². The molecule has 6 heteroatoms. The molecule has 0 aliphatic carbocycles. The molecule has 1 aromatic heterocycles. The van der Waals surface area contributed by atoms with Crippen LogP contribution in [0.25, 0.3) is 22.3 Å². The maximum Gasteiger partial charge on any atom is 0.231 e. The first kappa shape index (κ1) is 17.8. The van der Waals surface area contributed by atoms with Gasteiger partial charge in [0.05, 0.1) is 18.2 Å². The van der Waals surface area contributed by atoms with Gasteiger partial charge in [0.15, 0.2) is 11.5 Å². The van der Waals surface area contributed by atoms with Crippen LogP contribution in [0.3, 0.4) is 0 Å². The number of halogens is 1. The molecule has 1 aliphatic heterocycles. The van der Waals surface area contributed by atoms with E-state index in [2.05, 4.69) is 15.9 Å². The molecule has 0 amide bonds. The number of nitrogens with zero attached hydrogens (tertiary/aromatic N) is 1. The van der Waals surface area contributed by atoms with Gasteiger partial charge < -0.3 is 18.6 Å². The van der Waals surface area contributed by atoms with E-state index in [-0.39, 0.29) is 6.79 Å². The molecule has 0 saturated heterocycles. The van der Waals surface area contributed by atoms with Crippen molar-refractivity contribution in [2.75, 3.05) is 13.9 Å². The lowest BCUT2D eigenvalue weighted by atomic mass is 10.1. The Labute approximate surface area is 175 Å². The largest absolute Gasteiger partial charge is 0.497 e. The van der Waals surface area contributed by atoms with Crippen molar-refractivity contribution in [1.82, 2.24) is 0 Å². The molecule has 4 aromatic rings. The number of ether oxygens (including phenoxy) is 3. The van der Waals surface area contributed by atoms with Gasteiger partial charge in [0.1, 0.15) is 17.1 Å². The molecular formula is C23H16BrNO4. The topological polar surface area (TPSA) is 53.2 Å². The summed E-state index contributed by atoms with van der Waals surface area (Å²) < 4.78 is 23.2. The second kappa shape index (κ2) is 7.29. The lowest BCUT2D eigenvalue weighted by Gasteiger charge is -2.07. The third kappa shape index (κ3) is 3.47. The summed E-state index contributed by atoms with van der Waals surface area (Å²) in [5, 5.41) is 1.71. The van der Waals surface area contributed by atoms with Crippen LogP contribution in [-0.4, -0.2) is 13.9 Å². The van der Waals surface area contributed by atoms with Crippen LogP contribution in [0.1, 0.15) is 0 Å². The fraction of sp³-hybridized carbons (Fsp3) is 0.0870. The zero-order valence-corrected chi connectivity index (χ0v) is 17.1. The highest BCUT2D eigenvalue weighted by atomic mass is 79.9. The van der Waals surface area contributed by atoms with Crippen molar-refractivity contribution in [3.63, 3.8) is 0 Å². The third-order valence-corrected chi connectivity index (χ3v) is 5.18. The zero-order chi connectivity index (χ0) is 19.8. The van der Waals surface area contributed by atoms with Gasteiger partial charge in [-0.05, 0) is 54.6 Å². The molecule has 0 unspecified atom stereocenters. The molecule has 3 aromatic carbocycles. The highest BCUT2D eigenvalue weighted by Gasteiger charge is 2.13. The van der Waals surface area contributed by atoms with E-state index in [9.17, 15) is 0 Å². The van der Waals surface area contributed by atoms with E-state index >= 15 is 0 Å². The average Bonchev–Trinajstić information content (AvgIpc) is 3.22. The second-order valence-corrected chi connectivity index (χ2v) is 7.43. The minimum Gasteiger partial charge on any atom is -0.497 e. The maximum absolute atomic E-state index is 6.16. The van der Waals surface area contributed by atoms with Crippen molar-refractivity contribution >= 4 is 32.6 Å². The first-order chi connectivity index (χ1) is 14.2. The molecule has 0 atom stereocenters. The van der Waals surface area contributed by atoms with Crippen LogP contribution < -0.4 is 19.6 Å². The van der Waals surface area contributed by atoms with E-state index in [0.717, 1.165) is 49.3 Å². The Kier molecular flexibility index (Phi) is 4.48. The Hall–Kier alpha value is -3.25. The first-order valence-corrected chi connectivity index (χ1v) is 9.81. The van der Waals surface area contributed by atoms with E-state index in [1.165, 1.54) is 0 Å². The van der Waals surface area contributed by atoms with Gasteiger partial charge in [0.25, 0.3) is 0 Å². The molecule has 0 spiro atoms. The van der Waals surface area contributed by atoms with Crippen LogP contribution in [0.2, 0.25) is 0 Å². The van der Waals surface area contributed by atoms with Gasteiger partial charge in [-0.3, -0.25) is 0 Å². The Morgan fingerprint density at radius 2 is 1.72 bits per heavy atom. The predicted octanol–water partition coefficient (Wildman–Crippen LogP) is 5.83. The van der Waals surface area contributed by atoms with Gasteiger partial charge in [-0.1, -0.05) is 15.9 Å². The number of hydrogen-bond acceptors (Lipinski definition) is 5. The zero-order valence-electron chi connectivity index (χ0n) is 15.5.